The molecule has 0 aliphatic heterocycles. The number of anilines is 1. The van der Waals surface area contributed by atoms with Gasteiger partial charge in [0.2, 0.25) is 0 Å². The molecule has 0 fully saturated rings. The molecular formula is C11H7F2NOS. The fraction of sp³-hybridized carbons (Fsp3) is 0. The number of benzene rings is 1. The van der Waals surface area contributed by atoms with E-state index in [9.17, 15) is 13.6 Å². The van der Waals surface area contributed by atoms with Crippen LogP contribution in [0.2, 0.25) is 0 Å². The van der Waals surface area contributed by atoms with Gasteiger partial charge in [0.25, 0.3) is 5.91 Å². The number of carbonyl (C=O) groups is 1. The van der Waals surface area contributed by atoms with Crippen molar-refractivity contribution < 1.29 is 13.6 Å². The second-order valence-electron chi connectivity index (χ2n) is 3.06. The predicted molar refractivity (Wildman–Crippen MR) is 58.6 cm³/mol. The lowest BCUT2D eigenvalue weighted by Crippen LogP contribution is -2.11. The summed E-state index contributed by atoms with van der Waals surface area (Å²) in [6.07, 6.45) is 0. The predicted octanol–water partition coefficient (Wildman–Crippen LogP) is 3.28. The highest BCUT2D eigenvalue weighted by atomic mass is 32.1. The second kappa shape index (κ2) is 4.40. The molecule has 2 aromatic rings. The standard InChI is InChI=1S/C11H7F2NOS/c12-7-3-4-8(13)9(6-7)14-11(15)10-2-1-5-16-10/h1-6H,(H,14,15). The normalized spacial score (nSPS) is 10.1. The first-order chi connectivity index (χ1) is 7.66. The molecule has 0 radical (unpaired) electrons. The highest BCUT2D eigenvalue weighted by molar-refractivity contribution is 7.12. The molecule has 0 saturated carbocycles. The summed E-state index contributed by atoms with van der Waals surface area (Å²) < 4.78 is 26.0. The molecule has 1 heterocycles. The van der Waals surface area contributed by atoms with E-state index in [1.54, 1.807) is 17.5 Å². The molecule has 0 spiro atoms. The van der Waals surface area contributed by atoms with Gasteiger partial charge in [0.05, 0.1) is 10.6 Å². The van der Waals surface area contributed by atoms with Crippen molar-refractivity contribution in [2.24, 2.45) is 0 Å². The average molecular weight is 239 g/mol. The summed E-state index contributed by atoms with van der Waals surface area (Å²) in [5.41, 5.74) is -0.154. The summed E-state index contributed by atoms with van der Waals surface area (Å²) in [6, 6.07) is 6.23. The minimum atomic E-state index is -0.661. The first-order valence-electron chi connectivity index (χ1n) is 4.47. The van der Waals surface area contributed by atoms with Crippen LogP contribution in [-0.2, 0) is 0 Å². The average Bonchev–Trinajstić information content (AvgIpc) is 2.76. The van der Waals surface area contributed by atoms with Gasteiger partial charge in [-0.15, -0.1) is 11.3 Å². The number of hydrogen-bond donors (Lipinski definition) is 1. The van der Waals surface area contributed by atoms with Crippen molar-refractivity contribution in [2.45, 2.75) is 0 Å². The molecule has 1 aromatic heterocycles. The smallest absolute Gasteiger partial charge is 0.265 e. The van der Waals surface area contributed by atoms with Crippen molar-refractivity contribution in [1.29, 1.82) is 0 Å². The summed E-state index contributed by atoms with van der Waals surface area (Å²) >= 11 is 1.23. The number of carbonyl (C=O) groups excluding carboxylic acids is 1. The van der Waals surface area contributed by atoms with E-state index in [2.05, 4.69) is 5.32 Å². The minimum Gasteiger partial charge on any atom is -0.319 e. The van der Waals surface area contributed by atoms with Crippen LogP contribution in [0.15, 0.2) is 35.7 Å². The van der Waals surface area contributed by atoms with Crippen LogP contribution in [0.25, 0.3) is 0 Å². The fourth-order valence-electron chi connectivity index (χ4n) is 1.18. The Labute approximate surface area is 94.5 Å². The Kier molecular flexibility index (Phi) is 2.96. The number of halogens is 2. The monoisotopic (exact) mass is 239 g/mol. The van der Waals surface area contributed by atoms with Gasteiger partial charge in [-0.25, -0.2) is 8.78 Å². The molecule has 1 aromatic carbocycles. The molecule has 82 valence electrons. The van der Waals surface area contributed by atoms with Crippen LogP contribution in [0.4, 0.5) is 14.5 Å². The summed E-state index contributed by atoms with van der Waals surface area (Å²) in [6.45, 7) is 0. The number of thiophene rings is 1. The van der Waals surface area contributed by atoms with Crippen LogP contribution in [0, 0.1) is 11.6 Å². The second-order valence-corrected chi connectivity index (χ2v) is 4.00. The fourth-order valence-corrected chi connectivity index (χ4v) is 1.80. The van der Waals surface area contributed by atoms with Gasteiger partial charge in [-0.1, -0.05) is 6.07 Å². The Balaban J connectivity index is 2.21. The minimum absolute atomic E-state index is 0.154. The summed E-state index contributed by atoms with van der Waals surface area (Å²) in [5.74, 6) is -1.70. The van der Waals surface area contributed by atoms with Gasteiger partial charge in [-0.2, -0.15) is 0 Å². The molecule has 1 N–H and O–H groups in total. The topological polar surface area (TPSA) is 29.1 Å². The zero-order chi connectivity index (χ0) is 11.5. The van der Waals surface area contributed by atoms with Crippen LogP contribution in [-0.4, -0.2) is 5.91 Å². The molecular weight excluding hydrogens is 232 g/mol. The zero-order valence-electron chi connectivity index (χ0n) is 8.04. The van der Waals surface area contributed by atoms with Crippen LogP contribution in [0.3, 0.4) is 0 Å². The third-order valence-electron chi connectivity index (χ3n) is 1.92. The molecule has 1 amide bonds. The van der Waals surface area contributed by atoms with Crippen molar-refractivity contribution >= 4 is 22.9 Å². The van der Waals surface area contributed by atoms with E-state index >= 15 is 0 Å². The van der Waals surface area contributed by atoms with Crippen molar-refractivity contribution in [2.75, 3.05) is 5.32 Å². The van der Waals surface area contributed by atoms with E-state index in [1.807, 2.05) is 0 Å². The Morgan fingerprint density at radius 1 is 1.25 bits per heavy atom. The van der Waals surface area contributed by atoms with Crippen LogP contribution >= 0.6 is 11.3 Å². The van der Waals surface area contributed by atoms with Gasteiger partial charge in [-0.3, -0.25) is 4.79 Å². The Morgan fingerprint density at radius 3 is 2.75 bits per heavy atom. The van der Waals surface area contributed by atoms with E-state index in [0.717, 1.165) is 18.2 Å². The lowest BCUT2D eigenvalue weighted by atomic mass is 10.3. The summed E-state index contributed by atoms with van der Waals surface area (Å²) in [7, 11) is 0. The van der Waals surface area contributed by atoms with Gasteiger partial charge in [0.15, 0.2) is 0 Å². The van der Waals surface area contributed by atoms with E-state index in [1.165, 1.54) is 11.3 Å². The molecule has 0 unspecified atom stereocenters. The highest BCUT2D eigenvalue weighted by Crippen LogP contribution is 2.17. The summed E-state index contributed by atoms with van der Waals surface area (Å²) in [5, 5.41) is 4.04. The maximum atomic E-state index is 13.2. The van der Waals surface area contributed by atoms with E-state index in [-0.39, 0.29) is 5.69 Å². The van der Waals surface area contributed by atoms with Crippen LogP contribution in [0.5, 0.6) is 0 Å². The van der Waals surface area contributed by atoms with E-state index in [4.69, 9.17) is 0 Å². The van der Waals surface area contributed by atoms with Gasteiger partial charge < -0.3 is 5.32 Å². The third kappa shape index (κ3) is 2.25. The molecule has 0 aliphatic rings. The number of hydrogen-bond acceptors (Lipinski definition) is 2. The first-order valence-corrected chi connectivity index (χ1v) is 5.34. The van der Waals surface area contributed by atoms with Crippen LogP contribution in [0.1, 0.15) is 9.67 Å². The highest BCUT2D eigenvalue weighted by Gasteiger charge is 2.10. The van der Waals surface area contributed by atoms with Gasteiger partial charge in [0, 0.05) is 6.07 Å². The zero-order valence-corrected chi connectivity index (χ0v) is 8.85. The number of amides is 1. The van der Waals surface area contributed by atoms with Gasteiger partial charge in [0.1, 0.15) is 11.6 Å². The lowest BCUT2D eigenvalue weighted by Gasteiger charge is -2.04. The van der Waals surface area contributed by atoms with Crippen molar-refractivity contribution in [3.8, 4) is 0 Å². The van der Waals surface area contributed by atoms with Crippen molar-refractivity contribution in [3.05, 3.63) is 52.2 Å². The van der Waals surface area contributed by atoms with Crippen molar-refractivity contribution in [3.63, 3.8) is 0 Å². The first kappa shape index (κ1) is 10.8. The lowest BCUT2D eigenvalue weighted by molar-refractivity contribution is 0.103. The van der Waals surface area contributed by atoms with Crippen LogP contribution < -0.4 is 5.32 Å². The molecule has 5 heteroatoms. The Hall–Kier alpha value is -1.75. The third-order valence-corrected chi connectivity index (χ3v) is 2.79. The van der Waals surface area contributed by atoms with Crippen molar-refractivity contribution in [1.82, 2.24) is 0 Å². The van der Waals surface area contributed by atoms with Gasteiger partial charge >= 0.3 is 0 Å². The van der Waals surface area contributed by atoms with E-state index in [0.29, 0.717) is 4.88 Å². The number of rotatable bonds is 2. The maximum Gasteiger partial charge on any atom is 0.265 e. The maximum absolute atomic E-state index is 13.2. The molecule has 0 bridgehead atoms. The van der Waals surface area contributed by atoms with Gasteiger partial charge in [-0.05, 0) is 23.6 Å². The Bertz CT molecular complexity index is 511. The molecule has 0 aliphatic carbocycles. The molecule has 0 saturated heterocycles. The van der Waals surface area contributed by atoms with E-state index < -0.39 is 17.5 Å². The molecule has 2 rings (SSSR count). The number of nitrogens with one attached hydrogen (secondary N) is 1. The summed E-state index contributed by atoms with van der Waals surface area (Å²) in [4.78, 5) is 12.0. The Morgan fingerprint density at radius 2 is 2.06 bits per heavy atom. The SMILES string of the molecule is O=C(Nc1cc(F)ccc1F)c1cccs1. The molecule has 0 atom stereocenters. The molecule has 2 nitrogen and oxygen atoms in total. The quantitative estimate of drug-likeness (QED) is 0.856. The largest absolute Gasteiger partial charge is 0.319 e. The molecule has 16 heavy (non-hydrogen) atoms.